The molecular formula is C27H17BrClN3O2. The second-order valence-electron chi connectivity index (χ2n) is 7.47. The van der Waals surface area contributed by atoms with Crippen LogP contribution in [0.4, 0.5) is 0 Å². The molecule has 166 valence electrons. The topological polar surface area (TPSA) is 67.5 Å². The molecule has 0 radical (unpaired) electrons. The lowest BCUT2D eigenvalue weighted by Gasteiger charge is -2.09. The van der Waals surface area contributed by atoms with Crippen LogP contribution in [-0.4, -0.2) is 17.1 Å². The summed E-state index contributed by atoms with van der Waals surface area (Å²) in [6.45, 7) is 0. The molecule has 34 heavy (non-hydrogen) atoms. The predicted octanol–water partition coefficient (Wildman–Crippen LogP) is 7.34. The number of hydrogen-bond acceptors (Lipinski definition) is 4. The van der Waals surface area contributed by atoms with Crippen molar-refractivity contribution in [3.8, 4) is 22.6 Å². The number of hydrogen-bond donors (Lipinski definition) is 1. The third-order valence-corrected chi connectivity index (χ3v) is 6.45. The maximum absolute atomic E-state index is 13.0. The van der Waals surface area contributed by atoms with Gasteiger partial charge in [-0.05, 0) is 52.3 Å². The highest BCUT2D eigenvalue weighted by molar-refractivity contribution is 9.10. The van der Waals surface area contributed by atoms with E-state index in [0.717, 1.165) is 32.2 Å². The minimum absolute atomic E-state index is 0.335. The van der Waals surface area contributed by atoms with Gasteiger partial charge in [0.2, 0.25) is 0 Å². The summed E-state index contributed by atoms with van der Waals surface area (Å²) in [5.41, 5.74) is 6.32. The van der Waals surface area contributed by atoms with Gasteiger partial charge < -0.3 is 4.42 Å². The average Bonchev–Trinajstić information content (AvgIpc) is 3.34. The van der Waals surface area contributed by atoms with Gasteiger partial charge in [0.05, 0.1) is 28.0 Å². The zero-order valence-electron chi connectivity index (χ0n) is 17.7. The van der Waals surface area contributed by atoms with E-state index in [4.69, 9.17) is 21.0 Å². The third-order valence-electron chi connectivity index (χ3n) is 5.22. The molecular weight excluding hydrogens is 514 g/mol. The van der Waals surface area contributed by atoms with Crippen molar-refractivity contribution in [1.82, 2.24) is 10.4 Å². The molecule has 0 atom stereocenters. The highest BCUT2D eigenvalue weighted by Crippen LogP contribution is 2.29. The van der Waals surface area contributed by atoms with E-state index < -0.39 is 0 Å². The van der Waals surface area contributed by atoms with Crippen LogP contribution in [0, 0.1) is 0 Å². The Morgan fingerprint density at radius 1 is 0.941 bits per heavy atom. The monoisotopic (exact) mass is 529 g/mol. The van der Waals surface area contributed by atoms with Crippen molar-refractivity contribution in [2.24, 2.45) is 5.10 Å². The van der Waals surface area contributed by atoms with Gasteiger partial charge in [0, 0.05) is 21.0 Å². The molecule has 0 unspecified atom stereocenters. The predicted molar refractivity (Wildman–Crippen MR) is 139 cm³/mol. The van der Waals surface area contributed by atoms with Crippen molar-refractivity contribution in [3.63, 3.8) is 0 Å². The molecule has 2 heterocycles. The molecule has 0 aliphatic rings. The summed E-state index contributed by atoms with van der Waals surface area (Å²) in [6, 6.07) is 28.2. The van der Waals surface area contributed by atoms with E-state index in [1.165, 1.54) is 6.21 Å². The summed E-state index contributed by atoms with van der Waals surface area (Å²) < 4.78 is 6.63. The van der Waals surface area contributed by atoms with Crippen molar-refractivity contribution in [3.05, 3.63) is 112 Å². The molecule has 5 nitrogen and oxygen atoms in total. The van der Waals surface area contributed by atoms with Crippen LogP contribution in [-0.2, 0) is 0 Å². The molecule has 0 spiro atoms. The Balaban J connectivity index is 1.38. The average molecular weight is 531 g/mol. The molecule has 0 bridgehead atoms. The van der Waals surface area contributed by atoms with Crippen LogP contribution in [0.1, 0.15) is 16.1 Å². The van der Waals surface area contributed by atoms with Crippen LogP contribution in [0.3, 0.4) is 0 Å². The lowest BCUT2D eigenvalue weighted by Crippen LogP contribution is -2.18. The molecule has 1 N–H and O–H groups in total. The molecule has 5 aromatic rings. The first-order chi connectivity index (χ1) is 16.6. The highest BCUT2D eigenvalue weighted by atomic mass is 79.9. The van der Waals surface area contributed by atoms with E-state index in [1.54, 1.807) is 12.1 Å². The lowest BCUT2D eigenvalue weighted by molar-refractivity contribution is 0.0956. The Morgan fingerprint density at radius 3 is 2.56 bits per heavy atom. The summed E-state index contributed by atoms with van der Waals surface area (Å²) in [5, 5.41) is 5.44. The summed E-state index contributed by atoms with van der Waals surface area (Å²) in [4.78, 5) is 17.7. The van der Waals surface area contributed by atoms with Gasteiger partial charge >= 0.3 is 0 Å². The molecule has 7 heteroatoms. The molecule has 0 aliphatic carbocycles. The maximum Gasteiger partial charge on any atom is 0.272 e. The van der Waals surface area contributed by atoms with Gasteiger partial charge in [-0.15, -0.1) is 0 Å². The van der Waals surface area contributed by atoms with Gasteiger partial charge in [0.25, 0.3) is 5.91 Å². The van der Waals surface area contributed by atoms with E-state index >= 15 is 0 Å². The zero-order chi connectivity index (χ0) is 23.5. The number of rotatable bonds is 5. The van der Waals surface area contributed by atoms with Crippen molar-refractivity contribution in [2.75, 3.05) is 0 Å². The van der Waals surface area contributed by atoms with Gasteiger partial charge in [-0.2, -0.15) is 5.10 Å². The number of benzene rings is 3. The molecule has 5 rings (SSSR count). The number of para-hydroxylation sites is 1. The SMILES string of the molecule is O=C(N/N=C/c1ccc(-c2ccc(Br)c(Cl)c2)o1)c1cc(-c2ccccc2)nc2ccccc12. The molecule has 3 aromatic carbocycles. The van der Waals surface area contributed by atoms with Crippen molar-refractivity contribution in [1.29, 1.82) is 0 Å². The summed E-state index contributed by atoms with van der Waals surface area (Å²) in [5.74, 6) is 0.812. The second kappa shape index (κ2) is 9.63. The Hall–Kier alpha value is -3.74. The Morgan fingerprint density at radius 2 is 1.74 bits per heavy atom. The number of nitrogens with one attached hydrogen (secondary N) is 1. The summed E-state index contributed by atoms with van der Waals surface area (Å²) in [6.07, 6.45) is 1.46. The zero-order valence-corrected chi connectivity index (χ0v) is 20.0. The van der Waals surface area contributed by atoms with Crippen LogP contribution in [0.2, 0.25) is 5.02 Å². The van der Waals surface area contributed by atoms with Crippen LogP contribution in [0.5, 0.6) is 0 Å². The Labute approximate surface area is 209 Å². The molecule has 0 saturated carbocycles. The van der Waals surface area contributed by atoms with E-state index in [1.807, 2.05) is 78.9 Å². The van der Waals surface area contributed by atoms with Gasteiger partial charge in [0.15, 0.2) is 0 Å². The number of carbonyl (C=O) groups excluding carboxylic acids is 1. The van der Waals surface area contributed by atoms with Crippen LogP contribution in [0.15, 0.2) is 105 Å². The third kappa shape index (κ3) is 4.64. The van der Waals surface area contributed by atoms with E-state index in [9.17, 15) is 4.79 Å². The number of aromatic nitrogens is 1. The minimum atomic E-state index is -0.335. The number of fused-ring (bicyclic) bond motifs is 1. The number of carbonyl (C=O) groups is 1. The van der Waals surface area contributed by atoms with Crippen molar-refractivity contribution >= 4 is 50.6 Å². The van der Waals surface area contributed by atoms with Crippen molar-refractivity contribution < 1.29 is 9.21 Å². The number of amides is 1. The van der Waals surface area contributed by atoms with Crippen LogP contribution < -0.4 is 5.43 Å². The van der Waals surface area contributed by atoms with Crippen molar-refractivity contribution in [2.45, 2.75) is 0 Å². The first-order valence-electron chi connectivity index (χ1n) is 10.4. The number of furan rings is 1. The second-order valence-corrected chi connectivity index (χ2v) is 8.73. The fraction of sp³-hybridized carbons (Fsp3) is 0. The summed E-state index contributed by atoms with van der Waals surface area (Å²) in [7, 11) is 0. The lowest BCUT2D eigenvalue weighted by atomic mass is 10.0. The minimum Gasteiger partial charge on any atom is -0.455 e. The molecule has 0 aliphatic heterocycles. The number of halogens is 2. The highest BCUT2D eigenvalue weighted by Gasteiger charge is 2.13. The Kier molecular flexibility index (Phi) is 6.25. The van der Waals surface area contributed by atoms with Gasteiger partial charge in [-0.1, -0.05) is 66.2 Å². The fourth-order valence-electron chi connectivity index (χ4n) is 3.56. The van der Waals surface area contributed by atoms with E-state index in [-0.39, 0.29) is 5.91 Å². The number of pyridine rings is 1. The van der Waals surface area contributed by atoms with Gasteiger partial charge in [-0.3, -0.25) is 4.79 Å². The largest absolute Gasteiger partial charge is 0.455 e. The molecule has 1 amide bonds. The first kappa shape index (κ1) is 22.1. The smallest absolute Gasteiger partial charge is 0.272 e. The van der Waals surface area contributed by atoms with Crippen LogP contribution in [0.25, 0.3) is 33.5 Å². The maximum atomic E-state index is 13.0. The standard InChI is InChI=1S/C27H17BrClN3O2/c28-22-12-10-18(14-23(22)29)26-13-11-19(34-26)16-30-32-27(33)21-15-25(17-6-2-1-3-7-17)31-24-9-5-4-8-20(21)24/h1-16H,(H,32,33)/b30-16+. The fourth-order valence-corrected chi connectivity index (χ4v) is 3.99. The molecule has 2 aromatic heterocycles. The van der Waals surface area contributed by atoms with Gasteiger partial charge in [-0.25, -0.2) is 10.4 Å². The normalized spacial score (nSPS) is 11.2. The molecule has 0 fully saturated rings. The quantitative estimate of drug-likeness (QED) is 0.191. The number of nitrogens with zero attached hydrogens (tertiary/aromatic N) is 2. The Bertz CT molecular complexity index is 1530. The summed E-state index contributed by atoms with van der Waals surface area (Å²) >= 11 is 9.55. The first-order valence-corrected chi connectivity index (χ1v) is 11.6. The van der Waals surface area contributed by atoms with E-state index in [0.29, 0.717) is 22.1 Å². The van der Waals surface area contributed by atoms with Gasteiger partial charge in [0.1, 0.15) is 11.5 Å². The van der Waals surface area contributed by atoms with E-state index in [2.05, 4.69) is 26.5 Å². The van der Waals surface area contributed by atoms with Crippen LogP contribution >= 0.6 is 27.5 Å². The molecule has 0 saturated heterocycles. The number of hydrazone groups is 1.